The number of carbonyl (C=O) groups is 2. The Morgan fingerprint density at radius 3 is 2.62 bits per heavy atom. The minimum Gasteiger partial charge on any atom is -0.353 e. The van der Waals surface area contributed by atoms with Gasteiger partial charge in [-0.05, 0) is 43.7 Å². The minimum absolute atomic E-state index is 0.0675. The van der Waals surface area contributed by atoms with Crippen LogP contribution in [0.1, 0.15) is 45.4 Å². The Kier molecular flexibility index (Phi) is 5.17. The van der Waals surface area contributed by atoms with Crippen molar-refractivity contribution < 1.29 is 14.0 Å². The molecule has 1 aliphatic heterocycles. The van der Waals surface area contributed by atoms with E-state index in [-0.39, 0.29) is 42.4 Å². The van der Waals surface area contributed by atoms with E-state index in [1.807, 2.05) is 0 Å². The summed E-state index contributed by atoms with van der Waals surface area (Å²) in [7, 11) is 0. The number of nitrogens with zero attached hydrogens (tertiary/aromatic N) is 1. The standard InChI is InChI=1S/C19H25FN2O2/c1-2-13-7-9-15(10-8-13)21-19(24)14-11-18(23)22(12-14)17-6-4-3-5-16(17)20/h3-6,13-15H,2,7-12H2,1H3,(H,21,24)/t13?,14-,15?/m1/s1. The third-order valence-electron chi connectivity index (χ3n) is 5.41. The lowest BCUT2D eigenvalue weighted by Crippen LogP contribution is -2.41. The number of anilines is 1. The average Bonchev–Trinajstić information content (AvgIpc) is 2.98. The van der Waals surface area contributed by atoms with Gasteiger partial charge in [-0.1, -0.05) is 25.5 Å². The molecule has 0 bridgehead atoms. The van der Waals surface area contributed by atoms with E-state index in [9.17, 15) is 14.0 Å². The van der Waals surface area contributed by atoms with Crippen molar-refractivity contribution >= 4 is 17.5 Å². The highest BCUT2D eigenvalue weighted by molar-refractivity contribution is 6.00. The molecule has 1 saturated carbocycles. The van der Waals surface area contributed by atoms with E-state index in [0.29, 0.717) is 0 Å². The number of para-hydroxylation sites is 1. The summed E-state index contributed by atoms with van der Waals surface area (Å²) in [5.41, 5.74) is 0.265. The highest BCUT2D eigenvalue weighted by Gasteiger charge is 2.37. The van der Waals surface area contributed by atoms with Crippen LogP contribution in [-0.4, -0.2) is 24.4 Å². The van der Waals surface area contributed by atoms with Crippen LogP contribution in [0.15, 0.2) is 24.3 Å². The Hall–Kier alpha value is -1.91. The molecule has 1 atom stereocenters. The molecule has 130 valence electrons. The molecule has 2 amide bonds. The van der Waals surface area contributed by atoms with E-state index in [4.69, 9.17) is 0 Å². The number of hydrogen-bond acceptors (Lipinski definition) is 2. The van der Waals surface area contributed by atoms with Crippen LogP contribution in [0.5, 0.6) is 0 Å². The summed E-state index contributed by atoms with van der Waals surface area (Å²) >= 11 is 0. The van der Waals surface area contributed by atoms with Gasteiger partial charge in [-0.25, -0.2) is 4.39 Å². The molecule has 1 N–H and O–H groups in total. The summed E-state index contributed by atoms with van der Waals surface area (Å²) in [6.07, 6.45) is 5.71. The number of benzene rings is 1. The Bertz CT molecular complexity index is 611. The number of halogens is 1. The maximum absolute atomic E-state index is 13.9. The summed E-state index contributed by atoms with van der Waals surface area (Å²) < 4.78 is 13.9. The molecule has 0 aromatic heterocycles. The van der Waals surface area contributed by atoms with Gasteiger partial charge in [0.05, 0.1) is 11.6 Å². The third-order valence-corrected chi connectivity index (χ3v) is 5.41. The fourth-order valence-electron chi connectivity index (χ4n) is 3.82. The molecule has 24 heavy (non-hydrogen) atoms. The molecule has 1 aromatic carbocycles. The van der Waals surface area contributed by atoms with Gasteiger partial charge in [0.1, 0.15) is 5.82 Å². The molecular weight excluding hydrogens is 307 g/mol. The van der Waals surface area contributed by atoms with E-state index in [1.165, 1.54) is 17.4 Å². The largest absolute Gasteiger partial charge is 0.353 e. The van der Waals surface area contributed by atoms with Crippen molar-refractivity contribution in [1.82, 2.24) is 5.32 Å². The molecule has 1 aliphatic carbocycles. The SMILES string of the molecule is CCC1CCC(NC(=O)[C@@H]2CC(=O)N(c3ccccc3F)C2)CC1. The topological polar surface area (TPSA) is 49.4 Å². The van der Waals surface area contributed by atoms with Gasteiger partial charge >= 0.3 is 0 Å². The van der Waals surface area contributed by atoms with Gasteiger partial charge in [0.15, 0.2) is 0 Å². The van der Waals surface area contributed by atoms with E-state index in [0.717, 1.165) is 31.6 Å². The summed E-state index contributed by atoms with van der Waals surface area (Å²) in [5, 5.41) is 3.10. The number of nitrogens with one attached hydrogen (secondary N) is 1. The molecule has 0 spiro atoms. The number of carbonyl (C=O) groups excluding carboxylic acids is 2. The van der Waals surface area contributed by atoms with Crippen molar-refractivity contribution in [3.8, 4) is 0 Å². The van der Waals surface area contributed by atoms with Crippen LogP contribution in [-0.2, 0) is 9.59 Å². The summed E-state index contributed by atoms with van der Waals surface area (Å²) in [6, 6.07) is 6.43. The first kappa shape index (κ1) is 16.9. The van der Waals surface area contributed by atoms with Crippen LogP contribution in [0.25, 0.3) is 0 Å². The quantitative estimate of drug-likeness (QED) is 0.920. The Labute approximate surface area is 142 Å². The van der Waals surface area contributed by atoms with Gasteiger partial charge in [-0.15, -0.1) is 0 Å². The lowest BCUT2D eigenvalue weighted by atomic mass is 9.84. The van der Waals surface area contributed by atoms with Crippen molar-refractivity contribution in [3.05, 3.63) is 30.1 Å². The van der Waals surface area contributed by atoms with Crippen molar-refractivity contribution in [3.63, 3.8) is 0 Å². The monoisotopic (exact) mass is 332 g/mol. The maximum atomic E-state index is 13.9. The first-order valence-electron chi connectivity index (χ1n) is 8.93. The molecule has 4 nitrogen and oxygen atoms in total. The second-order valence-corrected chi connectivity index (χ2v) is 6.99. The van der Waals surface area contributed by atoms with Crippen molar-refractivity contribution in [2.24, 2.45) is 11.8 Å². The molecule has 2 fully saturated rings. The zero-order valence-electron chi connectivity index (χ0n) is 14.1. The van der Waals surface area contributed by atoms with Crippen molar-refractivity contribution in [2.75, 3.05) is 11.4 Å². The maximum Gasteiger partial charge on any atom is 0.227 e. The first-order chi connectivity index (χ1) is 11.6. The fourth-order valence-corrected chi connectivity index (χ4v) is 3.82. The lowest BCUT2D eigenvalue weighted by molar-refractivity contribution is -0.127. The molecule has 0 unspecified atom stereocenters. The number of hydrogen-bond donors (Lipinski definition) is 1. The molecule has 1 saturated heterocycles. The molecular formula is C19H25FN2O2. The fraction of sp³-hybridized carbons (Fsp3) is 0.579. The van der Waals surface area contributed by atoms with E-state index in [2.05, 4.69) is 12.2 Å². The Morgan fingerprint density at radius 2 is 1.96 bits per heavy atom. The third kappa shape index (κ3) is 3.60. The van der Waals surface area contributed by atoms with Gasteiger partial charge in [0.25, 0.3) is 0 Å². The molecule has 1 aromatic rings. The van der Waals surface area contributed by atoms with Gasteiger partial charge in [0, 0.05) is 19.0 Å². The van der Waals surface area contributed by atoms with Gasteiger partial charge in [-0.3, -0.25) is 9.59 Å². The van der Waals surface area contributed by atoms with E-state index >= 15 is 0 Å². The first-order valence-corrected chi connectivity index (χ1v) is 8.93. The van der Waals surface area contributed by atoms with Crippen molar-refractivity contribution in [1.29, 1.82) is 0 Å². The zero-order chi connectivity index (χ0) is 17.1. The predicted molar refractivity (Wildman–Crippen MR) is 91.0 cm³/mol. The van der Waals surface area contributed by atoms with Gasteiger partial charge in [0.2, 0.25) is 11.8 Å². The molecule has 2 aliphatic rings. The molecule has 0 radical (unpaired) electrons. The molecule has 5 heteroatoms. The number of amides is 2. The van der Waals surface area contributed by atoms with Crippen LogP contribution in [0.2, 0.25) is 0 Å². The highest BCUT2D eigenvalue weighted by Crippen LogP contribution is 2.29. The zero-order valence-corrected chi connectivity index (χ0v) is 14.1. The van der Waals surface area contributed by atoms with Crippen LogP contribution < -0.4 is 10.2 Å². The summed E-state index contributed by atoms with van der Waals surface area (Å²) in [5.74, 6) is -0.286. The van der Waals surface area contributed by atoms with E-state index < -0.39 is 5.82 Å². The number of rotatable bonds is 4. The van der Waals surface area contributed by atoms with Gasteiger partial charge < -0.3 is 10.2 Å². The summed E-state index contributed by atoms with van der Waals surface area (Å²) in [4.78, 5) is 26.1. The van der Waals surface area contributed by atoms with Crippen LogP contribution in [0.3, 0.4) is 0 Å². The lowest BCUT2D eigenvalue weighted by Gasteiger charge is -2.29. The normalized spacial score (nSPS) is 27.3. The highest BCUT2D eigenvalue weighted by atomic mass is 19.1. The Balaban J connectivity index is 1.58. The van der Waals surface area contributed by atoms with Crippen LogP contribution >= 0.6 is 0 Å². The average molecular weight is 332 g/mol. The van der Waals surface area contributed by atoms with Crippen LogP contribution in [0.4, 0.5) is 10.1 Å². The van der Waals surface area contributed by atoms with Crippen molar-refractivity contribution in [2.45, 2.75) is 51.5 Å². The second-order valence-electron chi connectivity index (χ2n) is 6.99. The van der Waals surface area contributed by atoms with Crippen LogP contribution in [0, 0.1) is 17.7 Å². The smallest absolute Gasteiger partial charge is 0.227 e. The minimum atomic E-state index is -0.426. The Morgan fingerprint density at radius 1 is 1.25 bits per heavy atom. The molecule has 1 heterocycles. The predicted octanol–water partition coefficient (Wildman–Crippen LogP) is 3.26. The van der Waals surface area contributed by atoms with Gasteiger partial charge in [-0.2, -0.15) is 0 Å². The van der Waals surface area contributed by atoms with E-state index in [1.54, 1.807) is 18.2 Å². The summed E-state index contributed by atoms with van der Waals surface area (Å²) in [6.45, 7) is 2.47. The molecule has 3 rings (SSSR count). The second kappa shape index (κ2) is 7.32.